The van der Waals surface area contributed by atoms with Crippen molar-refractivity contribution in [2.24, 2.45) is 0 Å². The molecule has 37 heavy (non-hydrogen) atoms. The van der Waals surface area contributed by atoms with Crippen LogP contribution < -0.4 is 10.1 Å². The Hall–Kier alpha value is -4.72. The molecule has 0 unspecified atom stereocenters. The molecule has 1 amide bonds. The van der Waals surface area contributed by atoms with Crippen molar-refractivity contribution >= 4 is 5.91 Å². The zero-order valence-corrected chi connectivity index (χ0v) is 20.5. The van der Waals surface area contributed by atoms with Crippen LogP contribution in [0.3, 0.4) is 0 Å². The highest BCUT2D eigenvalue weighted by Crippen LogP contribution is 2.24. The van der Waals surface area contributed by atoms with Gasteiger partial charge in [-0.15, -0.1) is 0 Å². The Morgan fingerprint density at radius 1 is 0.973 bits per heavy atom. The van der Waals surface area contributed by atoms with Crippen molar-refractivity contribution in [1.29, 1.82) is 0 Å². The summed E-state index contributed by atoms with van der Waals surface area (Å²) in [6.45, 7) is 1.16. The fourth-order valence-corrected chi connectivity index (χ4v) is 4.04. The first-order valence-corrected chi connectivity index (χ1v) is 12.1. The Bertz CT molecular complexity index is 1440. The molecule has 8 heteroatoms. The quantitative estimate of drug-likeness (QED) is 0.297. The predicted octanol–water partition coefficient (Wildman–Crippen LogP) is 4.91. The molecule has 0 aliphatic heterocycles. The third kappa shape index (κ3) is 6.10. The Labute approximate surface area is 214 Å². The van der Waals surface area contributed by atoms with Crippen LogP contribution in [0.15, 0.2) is 95.8 Å². The van der Waals surface area contributed by atoms with Crippen LogP contribution in [-0.4, -0.2) is 32.9 Å². The van der Waals surface area contributed by atoms with E-state index in [1.807, 2.05) is 59.4 Å². The Kier molecular flexibility index (Phi) is 7.36. The molecular formula is C29H27N5O3. The molecule has 1 N–H and O–H groups in total. The molecule has 3 aromatic carbocycles. The molecule has 0 spiro atoms. The standard InChI is InChI=1S/C29H27N5O3/c1-36-25-13-11-23(12-14-25)29-32-28(37-33-29)16-15-27(35)30-19-24-5-2-3-6-26(24)22-9-7-21(8-10-22)20-34-18-4-17-31-34/h2-14,17-18H,15-16,19-20H2,1H3,(H,30,35). The number of ether oxygens (including phenoxy) is 1. The van der Waals surface area contributed by atoms with Crippen LogP contribution >= 0.6 is 0 Å². The molecule has 0 bridgehead atoms. The van der Waals surface area contributed by atoms with Crippen LogP contribution in [0.5, 0.6) is 5.75 Å². The van der Waals surface area contributed by atoms with E-state index in [0.717, 1.165) is 34.5 Å². The maximum absolute atomic E-state index is 12.6. The Balaban J connectivity index is 1.16. The summed E-state index contributed by atoms with van der Waals surface area (Å²) in [5.41, 5.74) is 5.25. The van der Waals surface area contributed by atoms with Gasteiger partial charge in [-0.05, 0) is 52.6 Å². The lowest BCUT2D eigenvalue weighted by molar-refractivity contribution is -0.121. The van der Waals surface area contributed by atoms with Crippen molar-refractivity contribution in [3.8, 4) is 28.3 Å². The van der Waals surface area contributed by atoms with E-state index in [4.69, 9.17) is 9.26 Å². The summed E-state index contributed by atoms with van der Waals surface area (Å²) in [7, 11) is 1.62. The minimum absolute atomic E-state index is 0.0754. The number of carbonyl (C=O) groups is 1. The van der Waals surface area contributed by atoms with Gasteiger partial charge in [0.15, 0.2) is 0 Å². The fraction of sp³-hybridized carbons (Fsp3) is 0.172. The van der Waals surface area contributed by atoms with E-state index < -0.39 is 0 Å². The number of benzene rings is 3. The van der Waals surface area contributed by atoms with Crippen molar-refractivity contribution in [1.82, 2.24) is 25.2 Å². The van der Waals surface area contributed by atoms with E-state index in [0.29, 0.717) is 24.7 Å². The number of aryl methyl sites for hydroxylation is 1. The summed E-state index contributed by atoms with van der Waals surface area (Å²) in [5.74, 6) is 1.60. The van der Waals surface area contributed by atoms with Gasteiger partial charge in [0.2, 0.25) is 17.6 Å². The van der Waals surface area contributed by atoms with Crippen LogP contribution in [-0.2, 0) is 24.3 Å². The highest BCUT2D eigenvalue weighted by atomic mass is 16.5. The van der Waals surface area contributed by atoms with E-state index in [1.165, 1.54) is 5.56 Å². The lowest BCUT2D eigenvalue weighted by Crippen LogP contribution is -2.23. The highest BCUT2D eigenvalue weighted by Gasteiger charge is 2.12. The first kappa shape index (κ1) is 24.0. The average Bonchev–Trinajstić information content (AvgIpc) is 3.64. The SMILES string of the molecule is COc1ccc(-c2noc(CCC(=O)NCc3ccccc3-c3ccc(Cn4cccn4)cc3)n2)cc1. The molecule has 0 atom stereocenters. The van der Waals surface area contributed by atoms with Crippen LogP contribution in [0.25, 0.3) is 22.5 Å². The average molecular weight is 494 g/mol. The number of carbonyl (C=O) groups excluding carboxylic acids is 1. The molecule has 186 valence electrons. The molecule has 8 nitrogen and oxygen atoms in total. The van der Waals surface area contributed by atoms with Gasteiger partial charge in [-0.1, -0.05) is 53.7 Å². The van der Waals surface area contributed by atoms with E-state index >= 15 is 0 Å². The van der Waals surface area contributed by atoms with E-state index in [1.54, 1.807) is 13.3 Å². The largest absolute Gasteiger partial charge is 0.497 e. The number of amides is 1. The van der Waals surface area contributed by atoms with Crippen LogP contribution in [0.4, 0.5) is 0 Å². The second kappa shape index (κ2) is 11.3. The maximum Gasteiger partial charge on any atom is 0.227 e. The second-order valence-electron chi connectivity index (χ2n) is 8.57. The van der Waals surface area contributed by atoms with Gasteiger partial charge in [0.25, 0.3) is 0 Å². The molecule has 2 heterocycles. The molecule has 0 radical (unpaired) electrons. The van der Waals surface area contributed by atoms with Gasteiger partial charge >= 0.3 is 0 Å². The van der Waals surface area contributed by atoms with E-state index in [2.05, 4.69) is 50.9 Å². The van der Waals surface area contributed by atoms with Crippen molar-refractivity contribution in [2.75, 3.05) is 7.11 Å². The maximum atomic E-state index is 12.6. The topological polar surface area (TPSA) is 95.1 Å². The molecule has 0 saturated heterocycles. The molecular weight excluding hydrogens is 466 g/mol. The number of rotatable bonds is 10. The van der Waals surface area contributed by atoms with Gasteiger partial charge in [0.1, 0.15) is 5.75 Å². The molecule has 0 aliphatic rings. The van der Waals surface area contributed by atoms with Crippen molar-refractivity contribution in [2.45, 2.75) is 25.9 Å². The van der Waals surface area contributed by atoms with Crippen molar-refractivity contribution in [3.63, 3.8) is 0 Å². The van der Waals surface area contributed by atoms with Crippen LogP contribution in [0.1, 0.15) is 23.4 Å². The summed E-state index contributed by atoms with van der Waals surface area (Å²) < 4.78 is 12.4. The van der Waals surface area contributed by atoms with E-state index in [-0.39, 0.29) is 12.3 Å². The molecule has 5 rings (SSSR count). The van der Waals surface area contributed by atoms with Gasteiger partial charge < -0.3 is 14.6 Å². The third-order valence-corrected chi connectivity index (χ3v) is 6.04. The molecule has 5 aromatic rings. The lowest BCUT2D eigenvalue weighted by Gasteiger charge is -2.12. The van der Waals surface area contributed by atoms with Crippen molar-refractivity contribution < 1.29 is 14.1 Å². The summed E-state index contributed by atoms with van der Waals surface area (Å²) in [4.78, 5) is 17.0. The Morgan fingerprint density at radius 3 is 2.51 bits per heavy atom. The van der Waals surface area contributed by atoms with Crippen LogP contribution in [0.2, 0.25) is 0 Å². The predicted molar refractivity (Wildman–Crippen MR) is 140 cm³/mol. The first-order chi connectivity index (χ1) is 18.2. The van der Waals surface area contributed by atoms with Gasteiger partial charge in [0.05, 0.1) is 13.7 Å². The Morgan fingerprint density at radius 2 is 1.76 bits per heavy atom. The third-order valence-electron chi connectivity index (χ3n) is 6.04. The monoisotopic (exact) mass is 493 g/mol. The number of hydrogen-bond donors (Lipinski definition) is 1. The number of methoxy groups -OCH3 is 1. The lowest BCUT2D eigenvalue weighted by atomic mass is 9.98. The number of nitrogens with zero attached hydrogens (tertiary/aromatic N) is 4. The molecule has 2 aromatic heterocycles. The summed E-state index contributed by atoms with van der Waals surface area (Å²) in [6, 6.07) is 25.9. The van der Waals surface area contributed by atoms with Gasteiger partial charge in [-0.25, -0.2) is 0 Å². The summed E-state index contributed by atoms with van der Waals surface area (Å²) >= 11 is 0. The van der Waals surface area contributed by atoms with Crippen molar-refractivity contribution in [3.05, 3.63) is 108 Å². The fourth-order valence-electron chi connectivity index (χ4n) is 4.04. The zero-order valence-electron chi connectivity index (χ0n) is 20.5. The number of nitrogens with one attached hydrogen (secondary N) is 1. The smallest absolute Gasteiger partial charge is 0.227 e. The molecule has 0 saturated carbocycles. The summed E-state index contributed by atoms with van der Waals surface area (Å²) in [5, 5.41) is 11.3. The molecule has 0 fully saturated rings. The van der Waals surface area contributed by atoms with Crippen LogP contribution in [0, 0.1) is 0 Å². The minimum atomic E-state index is -0.0754. The minimum Gasteiger partial charge on any atom is -0.497 e. The summed E-state index contributed by atoms with van der Waals surface area (Å²) in [6.07, 6.45) is 4.35. The normalized spacial score (nSPS) is 10.8. The molecule has 0 aliphatic carbocycles. The van der Waals surface area contributed by atoms with Gasteiger partial charge in [-0.3, -0.25) is 9.48 Å². The first-order valence-electron chi connectivity index (χ1n) is 12.1. The van der Waals surface area contributed by atoms with E-state index in [9.17, 15) is 4.79 Å². The second-order valence-corrected chi connectivity index (χ2v) is 8.57. The van der Waals surface area contributed by atoms with Gasteiger partial charge in [0, 0.05) is 37.3 Å². The number of aromatic nitrogens is 4. The number of hydrogen-bond acceptors (Lipinski definition) is 6. The highest BCUT2D eigenvalue weighted by molar-refractivity contribution is 5.76. The van der Waals surface area contributed by atoms with Gasteiger partial charge in [-0.2, -0.15) is 10.1 Å². The zero-order chi connectivity index (χ0) is 25.5.